The van der Waals surface area contributed by atoms with E-state index in [0.29, 0.717) is 23.8 Å². The van der Waals surface area contributed by atoms with E-state index in [4.69, 9.17) is 9.47 Å². The van der Waals surface area contributed by atoms with Crippen LogP contribution in [0.2, 0.25) is 0 Å². The third-order valence-corrected chi connectivity index (χ3v) is 7.75. The first-order valence-corrected chi connectivity index (χ1v) is 14.4. The van der Waals surface area contributed by atoms with E-state index in [2.05, 4.69) is 34.4 Å². The minimum atomic E-state index is -0.740. The topological polar surface area (TPSA) is 130 Å². The molecule has 4 rings (SSSR count). The van der Waals surface area contributed by atoms with Gasteiger partial charge in [0.15, 0.2) is 0 Å². The molecule has 2 saturated heterocycles. The lowest BCUT2D eigenvalue weighted by Crippen LogP contribution is -2.54. The predicted molar refractivity (Wildman–Crippen MR) is 148 cm³/mol. The molecule has 4 amide bonds. The van der Waals surface area contributed by atoms with Crippen LogP contribution >= 0.6 is 0 Å². The highest BCUT2D eigenvalue weighted by Crippen LogP contribution is 2.33. The number of amides is 4. The van der Waals surface area contributed by atoms with E-state index in [9.17, 15) is 19.2 Å². The summed E-state index contributed by atoms with van der Waals surface area (Å²) in [7, 11) is 0. The molecule has 220 valence electrons. The molecular weight excluding hydrogens is 514 g/mol. The lowest BCUT2D eigenvalue weighted by atomic mass is 9.85. The van der Waals surface area contributed by atoms with Crippen molar-refractivity contribution in [3.63, 3.8) is 0 Å². The van der Waals surface area contributed by atoms with Gasteiger partial charge in [0.05, 0.1) is 6.20 Å². The van der Waals surface area contributed by atoms with Gasteiger partial charge in [0, 0.05) is 51.0 Å². The molecule has 40 heavy (non-hydrogen) atoms. The zero-order chi connectivity index (χ0) is 29.0. The Bertz CT molecular complexity index is 1070. The minimum absolute atomic E-state index is 0.0882. The van der Waals surface area contributed by atoms with Crippen molar-refractivity contribution in [3.8, 4) is 5.75 Å². The number of hydrogen-bond acceptors (Lipinski definition) is 8. The van der Waals surface area contributed by atoms with Gasteiger partial charge in [-0.2, -0.15) is 0 Å². The van der Waals surface area contributed by atoms with Crippen LogP contribution in [0.5, 0.6) is 5.75 Å². The molecule has 11 heteroatoms. The first-order valence-electron chi connectivity index (χ1n) is 14.4. The number of nitrogens with one attached hydrogen (secondary N) is 2. The van der Waals surface area contributed by atoms with Gasteiger partial charge in [-0.3, -0.25) is 24.6 Å². The van der Waals surface area contributed by atoms with Crippen LogP contribution in [-0.2, 0) is 14.3 Å². The number of nitrogens with zero attached hydrogens (tertiary/aromatic N) is 3. The summed E-state index contributed by atoms with van der Waals surface area (Å²) in [6, 6.07) is 3.42. The van der Waals surface area contributed by atoms with E-state index in [-0.39, 0.29) is 36.6 Å². The Hall–Kier alpha value is -3.21. The first kappa shape index (κ1) is 29.8. The quantitative estimate of drug-likeness (QED) is 0.467. The minimum Gasteiger partial charge on any atom is -0.489 e. The van der Waals surface area contributed by atoms with Crippen molar-refractivity contribution in [2.24, 2.45) is 5.92 Å². The molecule has 1 aromatic heterocycles. The Morgan fingerprint density at radius 2 is 1.85 bits per heavy atom. The number of pyridine rings is 1. The Labute approximate surface area is 236 Å². The van der Waals surface area contributed by atoms with Crippen molar-refractivity contribution in [1.82, 2.24) is 25.4 Å². The van der Waals surface area contributed by atoms with Gasteiger partial charge >= 0.3 is 6.09 Å². The second-order valence-corrected chi connectivity index (χ2v) is 12.4. The number of ether oxygens (including phenoxy) is 2. The molecule has 1 aromatic rings. The third-order valence-electron chi connectivity index (χ3n) is 7.75. The molecule has 3 fully saturated rings. The molecule has 3 aliphatic rings. The fourth-order valence-electron chi connectivity index (χ4n) is 5.45. The van der Waals surface area contributed by atoms with Crippen LogP contribution in [0.15, 0.2) is 18.3 Å². The average molecular weight is 558 g/mol. The highest BCUT2D eigenvalue weighted by atomic mass is 16.6. The largest absolute Gasteiger partial charge is 0.489 e. The molecule has 1 unspecified atom stereocenters. The Kier molecular flexibility index (Phi) is 9.33. The van der Waals surface area contributed by atoms with Crippen LogP contribution in [0.1, 0.15) is 83.6 Å². The predicted octanol–water partition coefficient (Wildman–Crippen LogP) is 2.88. The number of carbonyl (C=O) groups excluding carboxylic acids is 4. The summed E-state index contributed by atoms with van der Waals surface area (Å²) in [6.45, 7) is 12.6. The number of likely N-dealkylation sites (tertiary alicyclic amines) is 1. The van der Waals surface area contributed by atoms with Gasteiger partial charge in [0.2, 0.25) is 11.8 Å². The first-order chi connectivity index (χ1) is 18.9. The van der Waals surface area contributed by atoms with Gasteiger partial charge in [-0.05, 0) is 71.9 Å². The summed E-state index contributed by atoms with van der Waals surface area (Å²) in [4.78, 5) is 56.6. The van der Waals surface area contributed by atoms with Crippen molar-refractivity contribution in [2.75, 3.05) is 19.6 Å². The van der Waals surface area contributed by atoms with E-state index >= 15 is 0 Å². The number of rotatable bonds is 8. The van der Waals surface area contributed by atoms with Gasteiger partial charge in [0.1, 0.15) is 29.2 Å². The zero-order valence-corrected chi connectivity index (χ0v) is 24.3. The fourth-order valence-corrected chi connectivity index (χ4v) is 5.45. The van der Waals surface area contributed by atoms with Gasteiger partial charge in [-0.1, -0.05) is 0 Å². The molecule has 0 spiro atoms. The molecular formula is C29H43N5O6. The van der Waals surface area contributed by atoms with E-state index in [1.165, 1.54) is 6.20 Å². The fraction of sp³-hybridized carbons (Fsp3) is 0.690. The maximum Gasteiger partial charge on any atom is 0.410 e. The maximum absolute atomic E-state index is 12.5. The number of carbonyl (C=O) groups is 4. The standard InChI is InChI=1S/C29H43N5O6/c1-18(2)34(17-19-10-12-33(13-11-19)28(38)40-29(3,4)5)20-14-22(15-20)39-21-6-7-23(30-16-21)26(36)31-24-8-9-25(35)32-27(24)37/h6-7,16,18-20,22,24H,8-15,17H2,1-5H3,(H,31,36)(H,32,35,37)/t20-,22-,24?. The zero-order valence-electron chi connectivity index (χ0n) is 24.3. The number of imide groups is 1. The SMILES string of the molecule is CC(C)N(CC1CCN(C(=O)OC(C)(C)C)CC1)[C@H]1C[C@H](Oc2ccc(C(=O)NC3CCC(=O)NC3=O)nc2)C1. The third kappa shape index (κ3) is 7.93. The lowest BCUT2D eigenvalue weighted by molar-refractivity contribution is -0.134. The molecule has 1 saturated carbocycles. The maximum atomic E-state index is 12.5. The summed E-state index contributed by atoms with van der Waals surface area (Å²) in [5.41, 5.74) is -0.289. The molecule has 1 atom stereocenters. The second kappa shape index (κ2) is 12.5. The van der Waals surface area contributed by atoms with Gasteiger partial charge < -0.3 is 19.7 Å². The van der Waals surface area contributed by atoms with Crippen LogP contribution in [0.3, 0.4) is 0 Å². The van der Waals surface area contributed by atoms with E-state index in [1.54, 1.807) is 12.1 Å². The number of piperidine rings is 2. The Morgan fingerprint density at radius 3 is 2.42 bits per heavy atom. The van der Waals surface area contributed by atoms with E-state index in [1.807, 2.05) is 25.7 Å². The molecule has 2 aliphatic heterocycles. The monoisotopic (exact) mass is 557 g/mol. The lowest BCUT2D eigenvalue weighted by Gasteiger charge is -2.46. The molecule has 2 N–H and O–H groups in total. The van der Waals surface area contributed by atoms with Crippen LogP contribution in [0.4, 0.5) is 4.79 Å². The number of hydrogen-bond donors (Lipinski definition) is 2. The van der Waals surface area contributed by atoms with Crippen LogP contribution < -0.4 is 15.4 Å². The molecule has 0 aromatic carbocycles. The summed E-state index contributed by atoms with van der Waals surface area (Å²) >= 11 is 0. The van der Waals surface area contributed by atoms with Crippen molar-refractivity contribution < 1.29 is 28.7 Å². The van der Waals surface area contributed by atoms with E-state index < -0.39 is 23.5 Å². The normalized spacial score (nSPS) is 24.0. The molecule has 3 heterocycles. The highest BCUT2D eigenvalue weighted by molar-refractivity contribution is 6.03. The van der Waals surface area contributed by atoms with E-state index in [0.717, 1.165) is 45.3 Å². The number of aromatic nitrogens is 1. The van der Waals surface area contributed by atoms with Crippen LogP contribution in [-0.4, -0.2) is 88.1 Å². The Balaban J connectivity index is 1.20. The average Bonchev–Trinajstić information content (AvgIpc) is 2.86. The van der Waals surface area contributed by atoms with Crippen molar-refractivity contribution >= 4 is 23.8 Å². The van der Waals surface area contributed by atoms with Crippen molar-refractivity contribution in [3.05, 3.63) is 24.0 Å². The van der Waals surface area contributed by atoms with Gasteiger partial charge in [-0.25, -0.2) is 9.78 Å². The molecule has 1 aliphatic carbocycles. The summed E-state index contributed by atoms with van der Waals surface area (Å²) in [5, 5.41) is 4.86. The summed E-state index contributed by atoms with van der Waals surface area (Å²) < 4.78 is 11.6. The van der Waals surface area contributed by atoms with Crippen LogP contribution in [0.25, 0.3) is 0 Å². The van der Waals surface area contributed by atoms with Gasteiger partial charge in [-0.15, -0.1) is 0 Å². The second-order valence-electron chi connectivity index (χ2n) is 12.4. The van der Waals surface area contributed by atoms with Crippen molar-refractivity contribution in [2.45, 2.75) is 103 Å². The molecule has 0 bridgehead atoms. The smallest absolute Gasteiger partial charge is 0.410 e. The highest BCUT2D eigenvalue weighted by Gasteiger charge is 2.38. The molecule has 11 nitrogen and oxygen atoms in total. The molecule has 0 radical (unpaired) electrons. The Morgan fingerprint density at radius 1 is 1.15 bits per heavy atom. The van der Waals surface area contributed by atoms with Crippen LogP contribution in [0, 0.1) is 5.92 Å². The van der Waals surface area contributed by atoms with Crippen molar-refractivity contribution in [1.29, 1.82) is 0 Å². The van der Waals surface area contributed by atoms with Gasteiger partial charge in [0.25, 0.3) is 5.91 Å². The summed E-state index contributed by atoms with van der Waals surface area (Å²) in [5.74, 6) is -0.138. The summed E-state index contributed by atoms with van der Waals surface area (Å²) in [6.07, 6.45) is 5.67.